The zero-order valence-electron chi connectivity index (χ0n) is 11.9. The second-order valence-corrected chi connectivity index (χ2v) is 7.40. The van der Waals surface area contributed by atoms with Crippen molar-refractivity contribution in [3.8, 4) is 0 Å². The molecule has 1 fully saturated rings. The molecule has 1 saturated heterocycles. The monoisotopic (exact) mass is 369 g/mol. The van der Waals surface area contributed by atoms with Gasteiger partial charge in [-0.1, -0.05) is 11.6 Å². The Balaban J connectivity index is 0.00000242. The molecule has 0 aromatic heterocycles. The minimum absolute atomic E-state index is 0. The van der Waals surface area contributed by atoms with Crippen LogP contribution >= 0.6 is 24.0 Å². The Kier molecular flexibility index (Phi) is 6.17. The Bertz CT molecular complexity index is 681. The molecule has 1 aromatic rings. The normalized spacial score (nSPS) is 19.5. The second-order valence-electron chi connectivity index (χ2n) is 5.12. The van der Waals surface area contributed by atoms with Gasteiger partial charge in [-0.15, -0.1) is 12.4 Å². The van der Waals surface area contributed by atoms with Crippen LogP contribution in [-0.4, -0.2) is 36.8 Å². The Hall–Kier alpha value is -0.930. The first-order valence-electron chi connectivity index (χ1n) is 6.43. The van der Waals surface area contributed by atoms with E-state index in [1.807, 2.05) is 0 Å². The van der Waals surface area contributed by atoms with E-state index >= 15 is 0 Å². The lowest BCUT2D eigenvalue weighted by atomic mass is 10.1. The third kappa shape index (κ3) is 3.69. The summed E-state index contributed by atoms with van der Waals surface area (Å²) < 4.78 is 26.5. The van der Waals surface area contributed by atoms with E-state index in [1.54, 1.807) is 6.92 Å². The quantitative estimate of drug-likeness (QED) is 0.648. The molecule has 0 radical (unpaired) electrons. The van der Waals surface area contributed by atoms with Crippen LogP contribution in [0, 0.1) is 17.0 Å². The molecule has 0 bridgehead atoms. The van der Waals surface area contributed by atoms with Crippen LogP contribution in [-0.2, 0) is 10.0 Å². The van der Waals surface area contributed by atoms with Crippen molar-refractivity contribution in [1.82, 2.24) is 4.31 Å². The molecule has 1 unspecified atom stereocenters. The molecule has 22 heavy (non-hydrogen) atoms. The highest BCUT2D eigenvalue weighted by molar-refractivity contribution is 7.89. The third-order valence-corrected chi connectivity index (χ3v) is 5.80. The molecule has 2 rings (SSSR count). The number of nitro benzene ring substituents is 1. The van der Waals surface area contributed by atoms with E-state index in [-0.39, 0.29) is 34.9 Å². The van der Waals surface area contributed by atoms with Crippen molar-refractivity contribution in [2.45, 2.75) is 30.7 Å². The van der Waals surface area contributed by atoms with Crippen LogP contribution in [0.15, 0.2) is 17.0 Å². The average Bonchev–Trinajstić information content (AvgIpc) is 2.40. The van der Waals surface area contributed by atoms with Gasteiger partial charge in [0.25, 0.3) is 5.69 Å². The number of hydrogen-bond donors (Lipinski definition) is 1. The fourth-order valence-electron chi connectivity index (χ4n) is 2.37. The molecular formula is C12H17Cl2N3O4S. The van der Waals surface area contributed by atoms with E-state index in [1.165, 1.54) is 16.4 Å². The largest absolute Gasteiger partial charge is 0.327 e. The molecule has 7 nitrogen and oxygen atoms in total. The van der Waals surface area contributed by atoms with Gasteiger partial charge in [-0.25, -0.2) is 8.42 Å². The summed E-state index contributed by atoms with van der Waals surface area (Å²) in [6, 6.07) is 2.38. The zero-order chi connectivity index (χ0) is 15.8. The molecule has 0 aliphatic carbocycles. The van der Waals surface area contributed by atoms with Gasteiger partial charge in [-0.05, 0) is 31.4 Å². The highest BCUT2D eigenvalue weighted by atomic mass is 35.5. The van der Waals surface area contributed by atoms with Gasteiger partial charge in [0.2, 0.25) is 10.0 Å². The maximum atomic E-state index is 12.6. The summed E-state index contributed by atoms with van der Waals surface area (Å²) >= 11 is 5.94. The highest BCUT2D eigenvalue weighted by Gasteiger charge is 2.33. The SMILES string of the molecule is Cc1cc([N+](=O)[O-])c(Cl)c(S(=O)(=O)N2CCCC(N)C2)c1.Cl. The van der Waals surface area contributed by atoms with Crippen LogP contribution in [0.3, 0.4) is 0 Å². The van der Waals surface area contributed by atoms with E-state index in [2.05, 4.69) is 0 Å². The second kappa shape index (κ2) is 7.10. The highest BCUT2D eigenvalue weighted by Crippen LogP contribution is 2.34. The predicted octanol–water partition coefficient (Wildman–Crippen LogP) is 2.09. The van der Waals surface area contributed by atoms with Gasteiger partial charge in [0.15, 0.2) is 0 Å². The predicted molar refractivity (Wildman–Crippen MR) is 86.1 cm³/mol. The Morgan fingerprint density at radius 2 is 2.09 bits per heavy atom. The summed E-state index contributed by atoms with van der Waals surface area (Å²) in [6.45, 7) is 2.12. The topological polar surface area (TPSA) is 107 Å². The molecular weight excluding hydrogens is 353 g/mol. The van der Waals surface area contributed by atoms with E-state index in [0.717, 1.165) is 6.42 Å². The fourth-order valence-corrected chi connectivity index (χ4v) is 4.54. The van der Waals surface area contributed by atoms with Gasteiger partial charge in [-0.2, -0.15) is 4.31 Å². The third-order valence-electron chi connectivity index (χ3n) is 3.40. The van der Waals surface area contributed by atoms with Crippen molar-refractivity contribution in [3.63, 3.8) is 0 Å². The van der Waals surface area contributed by atoms with Crippen molar-refractivity contribution in [2.75, 3.05) is 13.1 Å². The Labute approximate surface area is 140 Å². The van der Waals surface area contributed by atoms with E-state index in [0.29, 0.717) is 18.5 Å². The number of nitrogens with zero attached hydrogens (tertiary/aromatic N) is 2. The Morgan fingerprint density at radius 3 is 2.64 bits per heavy atom. The van der Waals surface area contributed by atoms with Crippen molar-refractivity contribution in [1.29, 1.82) is 0 Å². The number of aryl methyl sites for hydroxylation is 1. The number of nitrogens with two attached hydrogens (primary N) is 1. The molecule has 1 aliphatic rings. The molecule has 1 atom stereocenters. The maximum absolute atomic E-state index is 12.6. The number of nitro groups is 1. The molecule has 2 N–H and O–H groups in total. The van der Waals surface area contributed by atoms with Crippen LogP contribution in [0.2, 0.25) is 5.02 Å². The van der Waals surface area contributed by atoms with Gasteiger partial charge in [0.1, 0.15) is 9.92 Å². The molecule has 1 aliphatic heterocycles. The lowest BCUT2D eigenvalue weighted by Gasteiger charge is -2.30. The summed E-state index contributed by atoms with van der Waals surface area (Å²) in [7, 11) is -3.89. The lowest BCUT2D eigenvalue weighted by Crippen LogP contribution is -2.45. The number of sulfonamides is 1. The van der Waals surface area contributed by atoms with Crippen LogP contribution in [0.1, 0.15) is 18.4 Å². The lowest BCUT2D eigenvalue weighted by molar-refractivity contribution is -0.385. The minimum atomic E-state index is -3.89. The maximum Gasteiger partial charge on any atom is 0.289 e. The molecule has 1 aromatic carbocycles. The van der Waals surface area contributed by atoms with Crippen molar-refractivity contribution >= 4 is 39.7 Å². The van der Waals surface area contributed by atoms with Crippen LogP contribution in [0.25, 0.3) is 0 Å². The minimum Gasteiger partial charge on any atom is -0.327 e. The van der Waals surface area contributed by atoms with Gasteiger partial charge in [-0.3, -0.25) is 10.1 Å². The molecule has 10 heteroatoms. The number of hydrogen-bond acceptors (Lipinski definition) is 5. The smallest absolute Gasteiger partial charge is 0.289 e. The molecule has 0 spiro atoms. The van der Waals surface area contributed by atoms with Crippen LogP contribution in [0.5, 0.6) is 0 Å². The standard InChI is InChI=1S/C12H16ClN3O4S.ClH/c1-8-5-10(16(17)18)12(13)11(6-8)21(19,20)15-4-2-3-9(14)7-15;/h5-6,9H,2-4,7,14H2,1H3;1H. The molecule has 1 heterocycles. The summed E-state index contributed by atoms with van der Waals surface area (Å²) in [4.78, 5) is 10.1. The van der Waals surface area contributed by atoms with Gasteiger partial charge in [0, 0.05) is 25.2 Å². The van der Waals surface area contributed by atoms with E-state index < -0.39 is 20.6 Å². The average molecular weight is 370 g/mol. The summed E-state index contributed by atoms with van der Waals surface area (Å²) in [5, 5.41) is 10.6. The van der Waals surface area contributed by atoms with Crippen molar-refractivity contribution in [3.05, 3.63) is 32.8 Å². The number of piperidine rings is 1. The number of benzene rings is 1. The molecule has 0 amide bonds. The van der Waals surface area contributed by atoms with E-state index in [9.17, 15) is 18.5 Å². The fraction of sp³-hybridized carbons (Fsp3) is 0.500. The van der Waals surface area contributed by atoms with Gasteiger partial charge < -0.3 is 5.73 Å². The summed E-state index contributed by atoms with van der Waals surface area (Å²) in [5.74, 6) is 0. The first-order chi connectivity index (χ1) is 9.73. The molecule has 0 saturated carbocycles. The molecule has 124 valence electrons. The van der Waals surface area contributed by atoms with Crippen LogP contribution < -0.4 is 5.73 Å². The zero-order valence-corrected chi connectivity index (χ0v) is 14.2. The summed E-state index contributed by atoms with van der Waals surface area (Å²) in [5.41, 5.74) is 5.86. The van der Waals surface area contributed by atoms with Gasteiger partial charge in [0.05, 0.1) is 4.92 Å². The number of rotatable bonds is 3. The first-order valence-corrected chi connectivity index (χ1v) is 8.25. The Morgan fingerprint density at radius 1 is 1.45 bits per heavy atom. The van der Waals surface area contributed by atoms with Crippen molar-refractivity contribution < 1.29 is 13.3 Å². The number of halogens is 2. The summed E-state index contributed by atoms with van der Waals surface area (Å²) in [6.07, 6.45) is 1.42. The van der Waals surface area contributed by atoms with Crippen LogP contribution in [0.4, 0.5) is 5.69 Å². The first kappa shape index (κ1) is 19.1. The van der Waals surface area contributed by atoms with E-state index in [4.69, 9.17) is 17.3 Å². The van der Waals surface area contributed by atoms with Crippen molar-refractivity contribution in [2.24, 2.45) is 5.73 Å². The van der Waals surface area contributed by atoms with Gasteiger partial charge >= 0.3 is 0 Å².